The largest absolute Gasteiger partial charge is 0.300 e. The van der Waals surface area contributed by atoms with Gasteiger partial charge in [-0.3, -0.25) is 0 Å². The molecule has 0 heterocycles. The van der Waals surface area contributed by atoms with Crippen molar-refractivity contribution >= 4 is 11.6 Å². The second-order valence-corrected chi connectivity index (χ2v) is 1.82. The van der Waals surface area contributed by atoms with Crippen LogP contribution in [0.15, 0.2) is 0 Å². The van der Waals surface area contributed by atoms with E-state index in [9.17, 15) is 9.59 Å². The van der Waals surface area contributed by atoms with Crippen molar-refractivity contribution in [1.82, 2.24) is 0 Å². The summed E-state index contributed by atoms with van der Waals surface area (Å²) in [5, 5.41) is 0. The number of Topliss-reactive ketones (excluding diaryl/α,β-unsaturated/α-hetero) is 2. The van der Waals surface area contributed by atoms with Crippen molar-refractivity contribution in [2.24, 2.45) is 0 Å². The van der Waals surface area contributed by atoms with Crippen LogP contribution >= 0.6 is 0 Å². The van der Waals surface area contributed by atoms with E-state index in [1.165, 1.54) is 27.7 Å². The van der Waals surface area contributed by atoms with Crippen LogP contribution in [0.25, 0.3) is 0 Å². The van der Waals surface area contributed by atoms with Crippen LogP contribution in [0.3, 0.4) is 0 Å². The molecule has 0 spiro atoms. The molecule has 10 heavy (non-hydrogen) atoms. The normalized spacial score (nSPS) is 5.20. The average Bonchev–Trinajstić information content (AvgIpc) is 1.25. The molecular weight excluding hydrogens is 287 g/mol. The minimum absolute atomic E-state index is 0. The summed E-state index contributed by atoms with van der Waals surface area (Å²) < 4.78 is 0. The molecule has 0 saturated carbocycles. The molecule has 0 amide bonds. The van der Waals surface area contributed by atoms with Crippen molar-refractivity contribution in [3.8, 4) is 0 Å². The first-order chi connectivity index (χ1) is 3.46. The van der Waals surface area contributed by atoms with E-state index >= 15 is 0 Å². The van der Waals surface area contributed by atoms with Gasteiger partial charge in [-0.2, -0.15) is 0 Å². The number of ketones is 2. The fourth-order valence-electron chi connectivity index (χ4n) is 0. The van der Waals surface area contributed by atoms with Crippen molar-refractivity contribution in [2.75, 3.05) is 0 Å². The molecule has 0 fully saturated rings. The molecule has 0 rings (SSSR count). The Morgan fingerprint density at radius 2 is 0.700 bits per heavy atom. The van der Waals surface area contributed by atoms with E-state index < -0.39 is 0 Å². The fourth-order valence-corrected chi connectivity index (χ4v) is 0. The van der Waals surface area contributed by atoms with E-state index in [0.717, 1.165) is 0 Å². The maximum absolute atomic E-state index is 9.44. The van der Waals surface area contributed by atoms with Crippen LogP contribution in [-0.2, 0) is 62.0 Å². The van der Waals surface area contributed by atoms with Gasteiger partial charge in [0.1, 0.15) is 11.6 Å². The predicted molar refractivity (Wildman–Crippen MR) is 32.7 cm³/mol. The molecule has 0 unspecified atom stereocenters. The van der Waals surface area contributed by atoms with Crippen LogP contribution in [0.5, 0.6) is 0 Å². The standard InChI is InChI=1S/2C3H6O.2Zr/c2*1-3(2)4;;/h2*1-2H3;;. The van der Waals surface area contributed by atoms with E-state index in [4.69, 9.17) is 0 Å². The zero-order valence-corrected chi connectivity index (χ0v) is 11.7. The Hall–Kier alpha value is 1.11. The Bertz CT molecular complexity index is 71.7. The van der Waals surface area contributed by atoms with Gasteiger partial charge in [-0.15, -0.1) is 0 Å². The van der Waals surface area contributed by atoms with Crippen LogP contribution in [0.2, 0.25) is 0 Å². The molecule has 0 aromatic rings. The average molecular weight is 299 g/mol. The van der Waals surface area contributed by atoms with Gasteiger partial charge < -0.3 is 9.59 Å². The summed E-state index contributed by atoms with van der Waals surface area (Å²) in [5.74, 6) is 0.333. The summed E-state index contributed by atoms with van der Waals surface area (Å²) in [4.78, 5) is 18.9. The van der Waals surface area contributed by atoms with Crippen LogP contribution in [0, 0.1) is 0 Å². The third kappa shape index (κ3) is 489. The summed E-state index contributed by atoms with van der Waals surface area (Å²) in [6.45, 7) is 6.11. The molecule has 0 N–H and O–H groups in total. The van der Waals surface area contributed by atoms with Crippen molar-refractivity contribution in [3.63, 3.8) is 0 Å². The van der Waals surface area contributed by atoms with Crippen molar-refractivity contribution in [3.05, 3.63) is 0 Å². The second kappa shape index (κ2) is 16.6. The molecule has 0 aromatic heterocycles. The monoisotopic (exact) mass is 296 g/mol. The van der Waals surface area contributed by atoms with Gasteiger partial charge in [0, 0.05) is 52.4 Å². The Morgan fingerprint density at radius 1 is 0.700 bits per heavy atom. The Kier molecular flexibility index (Phi) is 37.3. The van der Waals surface area contributed by atoms with Gasteiger partial charge in [-0.05, 0) is 27.7 Å². The number of carbonyl (C=O) groups excluding carboxylic acids is 2. The van der Waals surface area contributed by atoms with E-state index in [-0.39, 0.29) is 64.0 Å². The molecule has 2 nitrogen and oxygen atoms in total. The summed E-state index contributed by atoms with van der Waals surface area (Å²) in [6.07, 6.45) is 0. The zero-order valence-electron chi connectivity index (χ0n) is 6.82. The van der Waals surface area contributed by atoms with Crippen molar-refractivity contribution in [1.29, 1.82) is 0 Å². The molecule has 0 radical (unpaired) electrons. The molecule has 0 aromatic carbocycles. The summed E-state index contributed by atoms with van der Waals surface area (Å²) in [5.41, 5.74) is 0. The second-order valence-electron chi connectivity index (χ2n) is 1.82. The summed E-state index contributed by atoms with van der Waals surface area (Å²) in [7, 11) is 0. The van der Waals surface area contributed by atoms with E-state index in [1.54, 1.807) is 0 Å². The molecule has 4 heteroatoms. The van der Waals surface area contributed by atoms with E-state index in [0.29, 0.717) is 0 Å². The van der Waals surface area contributed by atoms with Gasteiger partial charge in [0.2, 0.25) is 0 Å². The first kappa shape index (κ1) is 22.5. The Labute approximate surface area is 100 Å². The first-order valence-electron chi connectivity index (χ1n) is 2.41. The molecule has 0 atom stereocenters. The van der Waals surface area contributed by atoms with Gasteiger partial charge in [0.15, 0.2) is 0 Å². The zero-order chi connectivity index (χ0) is 7.15. The predicted octanol–water partition coefficient (Wildman–Crippen LogP) is 1.19. The number of hydrogen-bond acceptors (Lipinski definition) is 2. The third-order valence-corrected chi connectivity index (χ3v) is 0. The first-order valence-corrected chi connectivity index (χ1v) is 2.41. The molecule has 56 valence electrons. The summed E-state index contributed by atoms with van der Waals surface area (Å²) in [6, 6.07) is 0. The summed E-state index contributed by atoms with van der Waals surface area (Å²) >= 11 is 0. The van der Waals surface area contributed by atoms with E-state index in [1.807, 2.05) is 0 Å². The maximum atomic E-state index is 9.44. The Morgan fingerprint density at radius 3 is 0.700 bits per heavy atom. The van der Waals surface area contributed by atoms with E-state index in [2.05, 4.69) is 0 Å². The number of carbonyl (C=O) groups is 2. The fraction of sp³-hybridized carbons (Fsp3) is 0.667. The molecule has 0 aliphatic carbocycles. The third-order valence-electron chi connectivity index (χ3n) is 0. The molecule has 0 aliphatic rings. The maximum Gasteiger partial charge on any atom is 0.126 e. The smallest absolute Gasteiger partial charge is 0.126 e. The van der Waals surface area contributed by atoms with Gasteiger partial charge in [0.25, 0.3) is 0 Å². The SMILES string of the molecule is CC(C)=O.CC(C)=O.[Zr].[Zr]. The number of hydrogen-bond donors (Lipinski definition) is 0. The van der Waals surface area contributed by atoms with Crippen LogP contribution in [-0.4, -0.2) is 11.6 Å². The quantitative estimate of drug-likeness (QED) is 0.673. The van der Waals surface area contributed by atoms with Gasteiger partial charge in [-0.25, -0.2) is 0 Å². The van der Waals surface area contributed by atoms with Gasteiger partial charge in [-0.1, -0.05) is 0 Å². The molecule has 0 bridgehead atoms. The van der Waals surface area contributed by atoms with Gasteiger partial charge >= 0.3 is 0 Å². The van der Waals surface area contributed by atoms with Crippen LogP contribution in [0.1, 0.15) is 27.7 Å². The van der Waals surface area contributed by atoms with Crippen LogP contribution < -0.4 is 0 Å². The minimum atomic E-state index is 0. The van der Waals surface area contributed by atoms with Gasteiger partial charge in [0.05, 0.1) is 0 Å². The van der Waals surface area contributed by atoms with Crippen LogP contribution in [0.4, 0.5) is 0 Å². The topological polar surface area (TPSA) is 34.1 Å². The number of rotatable bonds is 0. The molecule has 0 saturated heterocycles. The van der Waals surface area contributed by atoms with Crippen molar-refractivity contribution < 1.29 is 62.0 Å². The Balaban J connectivity index is -0.0000000300. The van der Waals surface area contributed by atoms with Crippen molar-refractivity contribution in [2.45, 2.75) is 27.7 Å². The molecule has 0 aliphatic heterocycles. The minimum Gasteiger partial charge on any atom is -0.300 e. The molecular formula is C6H12O2Zr2.